The van der Waals surface area contributed by atoms with Gasteiger partial charge >= 0.3 is 5.82 Å². The number of aliphatic hydroxyl groups is 2. The number of aromatic nitrogens is 2. The minimum atomic E-state index is -1.46. The van der Waals surface area contributed by atoms with Gasteiger partial charge in [0.2, 0.25) is 0 Å². The number of aliphatic hydroxyl groups excluding tert-OH is 2. The molecule has 0 saturated heterocycles. The molecule has 0 fully saturated rings. The van der Waals surface area contributed by atoms with Crippen molar-refractivity contribution in [3.05, 3.63) is 22.1 Å². The number of halogens is 1. The second-order valence-electron chi connectivity index (χ2n) is 2.56. The Morgan fingerprint density at radius 3 is 2.86 bits per heavy atom. The third-order valence-electron chi connectivity index (χ3n) is 1.63. The van der Waals surface area contributed by atoms with E-state index in [2.05, 4.69) is 9.97 Å². The molecule has 0 aromatic carbocycles. The van der Waals surface area contributed by atoms with Gasteiger partial charge in [-0.05, 0) is 4.92 Å². The predicted octanol–water partition coefficient (Wildman–Crippen LogP) is -0.0490. The minimum absolute atomic E-state index is 0.219. The van der Waals surface area contributed by atoms with Gasteiger partial charge in [0.1, 0.15) is 6.10 Å². The number of alkyl halides is 1. The van der Waals surface area contributed by atoms with Crippen molar-refractivity contribution in [1.29, 1.82) is 0 Å². The zero-order valence-corrected chi connectivity index (χ0v) is 7.68. The Bertz CT molecular complexity index is 329. The van der Waals surface area contributed by atoms with Crippen LogP contribution in [0.3, 0.4) is 0 Å². The Morgan fingerprint density at radius 1 is 1.71 bits per heavy atom. The third kappa shape index (κ3) is 2.00. The van der Waals surface area contributed by atoms with Gasteiger partial charge in [-0.1, -0.05) is 0 Å². The second-order valence-corrected chi connectivity index (χ2v) is 2.87. The zero-order chi connectivity index (χ0) is 10.7. The highest BCUT2D eigenvalue weighted by molar-refractivity contribution is 6.18. The van der Waals surface area contributed by atoms with Crippen molar-refractivity contribution in [2.75, 3.05) is 5.88 Å². The summed E-state index contributed by atoms with van der Waals surface area (Å²) in [5, 5.41) is 28.9. The zero-order valence-electron chi connectivity index (χ0n) is 6.92. The van der Waals surface area contributed by atoms with Gasteiger partial charge in [0.05, 0.1) is 12.0 Å². The third-order valence-corrected chi connectivity index (χ3v) is 1.95. The van der Waals surface area contributed by atoms with E-state index in [1.165, 1.54) is 0 Å². The average molecular weight is 222 g/mol. The fourth-order valence-corrected chi connectivity index (χ4v) is 1.10. The minimum Gasteiger partial charge on any atom is -0.389 e. The first-order valence-electron chi connectivity index (χ1n) is 3.67. The summed E-state index contributed by atoms with van der Waals surface area (Å²) >= 11 is 5.28. The number of H-pyrrole nitrogens is 1. The molecule has 0 spiro atoms. The topological polar surface area (TPSA) is 112 Å². The van der Waals surface area contributed by atoms with E-state index < -0.39 is 22.9 Å². The molecule has 7 nitrogen and oxygen atoms in total. The van der Waals surface area contributed by atoms with E-state index in [9.17, 15) is 15.2 Å². The van der Waals surface area contributed by atoms with Crippen LogP contribution in [-0.2, 0) is 0 Å². The Balaban J connectivity index is 2.94. The summed E-state index contributed by atoms with van der Waals surface area (Å²) in [6.07, 6.45) is -1.67. The monoisotopic (exact) mass is 221 g/mol. The Labute approximate surface area is 83.5 Å². The molecule has 0 aliphatic heterocycles. The summed E-state index contributed by atoms with van der Waals surface area (Å²) in [6.45, 7) is 0. The molecule has 14 heavy (non-hydrogen) atoms. The van der Waals surface area contributed by atoms with Crippen molar-refractivity contribution in [2.24, 2.45) is 0 Å². The van der Waals surface area contributed by atoms with Crippen LogP contribution in [0.2, 0.25) is 0 Å². The maximum Gasteiger partial charge on any atom is 0.346 e. The molecule has 0 saturated carbocycles. The van der Waals surface area contributed by atoms with Crippen LogP contribution in [0.5, 0.6) is 0 Å². The molecule has 1 rings (SSSR count). The Morgan fingerprint density at radius 2 is 2.36 bits per heavy atom. The summed E-state index contributed by atoms with van der Waals surface area (Å²) in [7, 11) is 0. The Kier molecular flexibility index (Phi) is 3.39. The van der Waals surface area contributed by atoms with E-state index in [4.69, 9.17) is 16.7 Å². The molecule has 1 aromatic heterocycles. The molecule has 1 aromatic rings. The maximum absolute atomic E-state index is 10.4. The highest BCUT2D eigenvalue weighted by Crippen LogP contribution is 2.23. The maximum atomic E-state index is 10.4. The SMILES string of the molecule is O=[N+]([O-])c1[nH]cnc1C(O)C(O)CCl. The van der Waals surface area contributed by atoms with Crippen LogP contribution in [0.15, 0.2) is 6.33 Å². The van der Waals surface area contributed by atoms with Gasteiger partial charge in [-0.3, -0.25) is 0 Å². The second kappa shape index (κ2) is 4.36. The van der Waals surface area contributed by atoms with Gasteiger partial charge in [-0.15, -0.1) is 11.6 Å². The van der Waals surface area contributed by atoms with Gasteiger partial charge < -0.3 is 20.3 Å². The van der Waals surface area contributed by atoms with Crippen LogP contribution >= 0.6 is 11.6 Å². The molecule has 0 radical (unpaired) electrons. The highest BCUT2D eigenvalue weighted by Gasteiger charge is 2.27. The van der Waals surface area contributed by atoms with Crippen molar-refractivity contribution in [3.63, 3.8) is 0 Å². The van der Waals surface area contributed by atoms with E-state index in [1.807, 2.05) is 0 Å². The molecule has 1 heterocycles. The highest BCUT2D eigenvalue weighted by atomic mass is 35.5. The molecular formula is C6H8ClN3O4. The van der Waals surface area contributed by atoms with Crippen molar-refractivity contribution in [2.45, 2.75) is 12.2 Å². The molecule has 8 heteroatoms. The van der Waals surface area contributed by atoms with Crippen LogP contribution in [0.1, 0.15) is 11.8 Å². The lowest BCUT2D eigenvalue weighted by atomic mass is 10.1. The largest absolute Gasteiger partial charge is 0.389 e. The fraction of sp³-hybridized carbons (Fsp3) is 0.500. The molecule has 78 valence electrons. The molecule has 2 unspecified atom stereocenters. The molecule has 0 bridgehead atoms. The lowest BCUT2D eigenvalue weighted by molar-refractivity contribution is -0.390. The van der Waals surface area contributed by atoms with Crippen molar-refractivity contribution < 1.29 is 15.1 Å². The number of aromatic amines is 1. The summed E-state index contributed by atoms with van der Waals surface area (Å²) in [4.78, 5) is 15.5. The number of nitrogens with one attached hydrogen (secondary N) is 1. The summed E-state index contributed by atoms with van der Waals surface area (Å²) in [6, 6.07) is 0. The molecule has 0 amide bonds. The first-order valence-corrected chi connectivity index (χ1v) is 4.21. The first-order chi connectivity index (χ1) is 6.57. The van der Waals surface area contributed by atoms with E-state index >= 15 is 0 Å². The molecular weight excluding hydrogens is 214 g/mol. The van der Waals surface area contributed by atoms with Gasteiger partial charge in [-0.25, -0.2) is 9.97 Å². The quantitative estimate of drug-likeness (QED) is 0.375. The number of nitrogens with zero attached hydrogens (tertiary/aromatic N) is 2. The Hall–Kier alpha value is -1.18. The smallest absolute Gasteiger partial charge is 0.346 e. The average Bonchev–Trinajstić information content (AvgIpc) is 2.63. The molecule has 0 aliphatic rings. The van der Waals surface area contributed by atoms with E-state index in [1.54, 1.807) is 0 Å². The number of nitro groups is 1. The molecule has 2 atom stereocenters. The first kappa shape index (κ1) is 10.9. The molecule has 3 N–H and O–H groups in total. The van der Waals surface area contributed by atoms with Gasteiger partial charge in [0, 0.05) is 0 Å². The van der Waals surface area contributed by atoms with Gasteiger partial charge in [-0.2, -0.15) is 0 Å². The number of hydrogen-bond donors (Lipinski definition) is 3. The van der Waals surface area contributed by atoms with Gasteiger partial charge in [0.15, 0.2) is 12.0 Å². The van der Waals surface area contributed by atoms with Crippen molar-refractivity contribution in [3.8, 4) is 0 Å². The fourth-order valence-electron chi connectivity index (χ4n) is 0.927. The van der Waals surface area contributed by atoms with Crippen LogP contribution in [0.4, 0.5) is 5.82 Å². The standard InChI is InChI=1S/C6H8ClN3O4/c7-1-3(11)5(12)4-6(10(13)14)9-2-8-4/h2-3,5,11-12H,1H2,(H,8,9). The van der Waals surface area contributed by atoms with Crippen LogP contribution < -0.4 is 0 Å². The lowest BCUT2D eigenvalue weighted by Crippen LogP contribution is -2.20. The van der Waals surface area contributed by atoms with E-state index in [0.29, 0.717) is 0 Å². The van der Waals surface area contributed by atoms with Crippen molar-refractivity contribution >= 4 is 17.4 Å². The van der Waals surface area contributed by atoms with Gasteiger partial charge in [0.25, 0.3) is 0 Å². The van der Waals surface area contributed by atoms with Crippen LogP contribution in [0.25, 0.3) is 0 Å². The summed E-state index contributed by atoms with van der Waals surface area (Å²) in [5.74, 6) is -0.674. The lowest BCUT2D eigenvalue weighted by Gasteiger charge is -2.12. The normalized spacial score (nSPS) is 15.1. The number of imidazole rings is 1. The summed E-state index contributed by atoms with van der Waals surface area (Å²) in [5.41, 5.74) is -0.219. The number of rotatable bonds is 4. The van der Waals surface area contributed by atoms with Crippen LogP contribution in [0, 0.1) is 10.1 Å². The molecule has 0 aliphatic carbocycles. The van der Waals surface area contributed by atoms with Crippen molar-refractivity contribution in [1.82, 2.24) is 9.97 Å². The predicted molar refractivity (Wildman–Crippen MR) is 46.9 cm³/mol. The van der Waals surface area contributed by atoms with E-state index in [0.717, 1.165) is 6.33 Å². The summed E-state index contributed by atoms with van der Waals surface area (Å²) < 4.78 is 0. The van der Waals surface area contributed by atoms with E-state index in [-0.39, 0.29) is 11.6 Å². The van der Waals surface area contributed by atoms with Crippen LogP contribution in [-0.4, -0.2) is 37.1 Å². The number of hydrogen-bond acceptors (Lipinski definition) is 5.